The number of benzene rings is 3. The van der Waals surface area contributed by atoms with E-state index < -0.39 is 11.8 Å². The molecule has 0 atom stereocenters. The smallest absolute Gasteiger partial charge is 0.291 e. The molecule has 5 aromatic rings. The summed E-state index contributed by atoms with van der Waals surface area (Å²) in [4.78, 5) is 49.9. The van der Waals surface area contributed by atoms with Crippen LogP contribution in [0.15, 0.2) is 129 Å². The second-order valence-electron chi connectivity index (χ2n) is 9.88. The second kappa shape index (κ2) is 14.3. The predicted molar refractivity (Wildman–Crippen MR) is 172 cm³/mol. The van der Waals surface area contributed by atoms with E-state index in [0.29, 0.717) is 45.1 Å². The monoisotopic (exact) mass is 616 g/mol. The molecule has 46 heavy (non-hydrogen) atoms. The molecule has 0 saturated heterocycles. The Morgan fingerprint density at radius 2 is 0.913 bits per heavy atom. The van der Waals surface area contributed by atoms with Gasteiger partial charge in [0, 0.05) is 22.5 Å². The normalized spacial score (nSPS) is 11.4. The summed E-state index contributed by atoms with van der Waals surface area (Å²) < 4.78 is 10.2. The molecule has 5 rings (SSSR count). The Hall–Kier alpha value is -6.56. The molecule has 12 nitrogen and oxygen atoms in total. The Balaban J connectivity index is 1.15. The van der Waals surface area contributed by atoms with Crippen LogP contribution in [0.2, 0.25) is 0 Å². The fourth-order valence-corrected chi connectivity index (χ4v) is 4.15. The van der Waals surface area contributed by atoms with Gasteiger partial charge >= 0.3 is 0 Å². The highest BCUT2D eigenvalue weighted by atomic mass is 16.3. The maximum Gasteiger partial charge on any atom is 0.291 e. The van der Waals surface area contributed by atoms with Crippen molar-refractivity contribution >= 4 is 46.4 Å². The zero-order chi connectivity index (χ0) is 32.5. The van der Waals surface area contributed by atoms with Crippen LogP contribution < -0.4 is 21.5 Å². The van der Waals surface area contributed by atoms with Crippen LogP contribution in [0.4, 0.5) is 11.4 Å². The highest BCUT2D eigenvalue weighted by Crippen LogP contribution is 2.15. The van der Waals surface area contributed by atoms with Crippen molar-refractivity contribution in [3.05, 3.63) is 143 Å². The molecular formula is C34H28N6O6. The maximum absolute atomic E-state index is 12.7. The van der Waals surface area contributed by atoms with Gasteiger partial charge in [0.05, 0.1) is 23.9 Å². The van der Waals surface area contributed by atoms with Gasteiger partial charge in [0.2, 0.25) is 0 Å². The minimum atomic E-state index is -0.471. The van der Waals surface area contributed by atoms with Gasteiger partial charge in [-0.1, -0.05) is 24.3 Å². The van der Waals surface area contributed by atoms with Gasteiger partial charge in [0.15, 0.2) is 11.5 Å². The van der Waals surface area contributed by atoms with Crippen molar-refractivity contribution in [3.8, 4) is 0 Å². The van der Waals surface area contributed by atoms with E-state index in [1.807, 2.05) is 0 Å². The first-order valence-electron chi connectivity index (χ1n) is 14.0. The van der Waals surface area contributed by atoms with E-state index in [9.17, 15) is 19.2 Å². The fourth-order valence-electron chi connectivity index (χ4n) is 4.15. The lowest BCUT2D eigenvalue weighted by Gasteiger charge is -2.08. The first kappa shape index (κ1) is 30.9. The molecule has 0 radical (unpaired) electrons. The third kappa shape index (κ3) is 7.88. The van der Waals surface area contributed by atoms with Gasteiger partial charge in [-0.25, -0.2) is 10.9 Å². The van der Waals surface area contributed by atoms with Crippen molar-refractivity contribution < 1.29 is 28.0 Å². The van der Waals surface area contributed by atoms with Crippen LogP contribution >= 0.6 is 0 Å². The van der Waals surface area contributed by atoms with Gasteiger partial charge < -0.3 is 19.5 Å². The van der Waals surface area contributed by atoms with Crippen molar-refractivity contribution in [2.24, 2.45) is 10.2 Å². The third-order valence-electron chi connectivity index (χ3n) is 6.63. The number of anilines is 2. The quantitative estimate of drug-likeness (QED) is 0.116. The number of hydrogen-bond donors (Lipinski definition) is 4. The molecule has 230 valence electrons. The van der Waals surface area contributed by atoms with Crippen molar-refractivity contribution in [1.82, 2.24) is 10.9 Å². The highest BCUT2D eigenvalue weighted by Gasteiger charge is 2.12. The molecule has 0 aliphatic rings. The molecule has 4 N–H and O–H groups in total. The van der Waals surface area contributed by atoms with Gasteiger partial charge in [0.25, 0.3) is 23.6 Å². The lowest BCUT2D eigenvalue weighted by atomic mass is 10.1. The summed E-state index contributed by atoms with van der Waals surface area (Å²) in [7, 11) is 0. The zero-order valence-corrected chi connectivity index (χ0v) is 24.7. The Labute approximate surface area is 263 Å². The molecule has 0 spiro atoms. The van der Waals surface area contributed by atoms with Crippen LogP contribution in [0.25, 0.3) is 0 Å². The van der Waals surface area contributed by atoms with Gasteiger partial charge in [-0.2, -0.15) is 10.2 Å². The molecule has 0 fully saturated rings. The van der Waals surface area contributed by atoms with Crippen molar-refractivity contribution in [2.45, 2.75) is 13.8 Å². The zero-order valence-electron chi connectivity index (χ0n) is 24.7. The number of hydrazone groups is 2. The average molecular weight is 617 g/mol. The van der Waals surface area contributed by atoms with Crippen molar-refractivity contribution in [1.29, 1.82) is 0 Å². The summed E-state index contributed by atoms with van der Waals surface area (Å²) in [6.45, 7) is 3.44. The van der Waals surface area contributed by atoms with Crippen LogP contribution in [0, 0.1) is 0 Å². The minimum absolute atomic E-state index is 0.186. The van der Waals surface area contributed by atoms with Gasteiger partial charge in [-0.05, 0) is 97.8 Å². The molecule has 2 heterocycles. The van der Waals surface area contributed by atoms with Crippen LogP contribution in [0.1, 0.15) is 66.8 Å². The number of nitrogens with zero attached hydrogens (tertiary/aromatic N) is 2. The standard InChI is InChI=1S/C34H28N6O6/c1-21(25-7-3-9-27(19-25)35-33(43)29-11-5-17-45-29)37-39-31(41)23-13-15-24(16-14-23)32(42)40-38-22(2)26-8-4-10-28(20-26)36-34(44)30-12-6-18-46-30/h3-20H,1-2H3,(H,35,43)(H,36,44)(H,39,41)(H,40,42). The summed E-state index contributed by atoms with van der Waals surface area (Å²) >= 11 is 0. The van der Waals surface area contributed by atoms with Crippen LogP contribution in [-0.2, 0) is 0 Å². The Morgan fingerprint density at radius 1 is 0.500 bits per heavy atom. The van der Waals surface area contributed by atoms with Crippen LogP contribution in [0.3, 0.4) is 0 Å². The highest BCUT2D eigenvalue weighted by molar-refractivity contribution is 6.06. The average Bonchev–Trinajstić information content (AvgIpc) is 3.82. The molecule has 0 aliphatic heterocycles. The summed E-state index contributed by atoms with van der Waals surface area (Å²) in [5.41, 5.74) is 9.06. The fraction of sp³-hybridized carbons (Fsp3) is 0.0588. The molecule has 0 saturated carbocycles. The van der Waals surface area contributed by atoms with Crippen LogP contribution in [-0.4, -0.2) is 35.1 Å². The first-order valence-corrected chi connectivity index (χ1v) is 14.0. The van der Waals surface area contributed by atoms with Gasteiger partial charge in [-0.15, -0.1) is 0 Å². The number of carbonyl (C=O) groups is 4. The third-order valence-corrected chi connectivity index (χ3v) is 6.63. The molecule has 0 bridgehead atoms. The second-order valence-corrected chi connectivity index (χ2v) is 9.88. The lowest BCUT2D eigenvalue weighted by molar-refractivity contribution is 0.0943. The number of amides is 4. The largest absolute Gasteiger partial charge is 0.459 e. The van der Waals surface area contributed by atoms with Crippen molar-refractivity contribution in [3.63, 3.8) is 0 Å². The molecule has 3 aromatic carbocycles. The summed E-state index contributed by atoms with van der Waals surface area (Å²) in [5.74, 6) is -1.34. The number of rotatable bonds is 10. The predicted octanol–water partition coefficient (Wildman–Crippen LogP) is 5.69. The lowest BCUT2D eigenvalue weighted by Crippen LogP contribution is -2.21. The maximum atomic E-state index is 12.7. The van der Waals surface area contributed by atoms with E-state index in [1.165, 1.54) is 36.8 Å². The van der Waals surface area contributed by atoms with E-state index in [2.05, 4.69) is 31.7 Å². The topological polar surface area (TPSA) is 167 Å². The molecular weight excluding hydrogens is 588 g/mol. The number of carbonyl (C=O) groups excluding carboxylic acids is 4. The summed E-state index contributed by atoms with van der Waals surface area (Å²) in [6.07, 6.45) is 2.84. The number of hydrogen-bond acceptors (Lipinski definition) is 8. The molecule has 0 aliphatic carbocycles. The van der Waals surface area contributed by atoms with Gasteiger partial charge in [0.1, 0.15) is 0 Å². The number of furan rings is 2. The molecule has 0 unspecified atom stereocenters. The summed E-state index contributed by atoms with van der Waals surface area (Å²) in [6, 6.07) is 26.4. The van der Waals surface area contributed by atoms with E-state index in [0.717, 1.165) is 0 Å². The molecule has 12 heteroatoms. The minimum Gasteiger partial charge on any atom is -0.459 e. The Bertz CT molecular complexity index is 1790. The SMILES string of the molecule is CC(=NNC(=O)c1ccc(C(=O)NN=C(C)c2cccc(NC(=O)c3ccco3)c2)cc1)c1cccc(NC(=O)c2ccco2)c1. The molecule has 2 aromatic heterocycles. The number of nitrogens with one attached hydrogen (secondary N) is 4. The van der Waals surface area contributed by atoms with E-state index >= 15 is 0 Å². The van der Waals surface area contributed by atoms with E-state index in [-0.39, 0.29) is 23.3 Å². The molecule has 4 amide bonds. The Kier molecular flexibility index (Phi) is 9.58. The van der Waals surface area contributed by atoms with Crippen molar-refractivity contribution in [2.75, 3.05) is 10.6 Å². The van der Waals surface area contributed by atoms with Gasteiger partial charge in [-0.3, -0.25) is 19.2 Å². The Morgan fingerprint density at radius 3 is 1.28 bits per heavy atom. The summed E-state index contributed by atoms with van der Waals surface area (Å²) in [5, 5.41) is 13.8. The first-order chi connectivity index (χ1) is 22.3. The van der Waals surface area contributed by atoms with E-state index in [4.69, 9.17) is 8.83 Å². The van der Waals surface area contributed by atoms with Crippen LogP contribution in [0.5, 0.6) is 0 Å². The van der Waals surface area contributed by atoms with E-state index in [1.54, 1.807) is 86.6 Å².